The number of benzene rings is 1. The quantitative estimate of drug-likeness (QED) is 0.857. The van der Waals surface area contributed by atoms with Gasteiger partial charge in [0.15, 0.2) is 0 Å². The van der Waals surface area contributed by atoms with Gasteiger partial charge in [0, 0.05) is 4.90 Å². The summed E-state index contributed by atoms with van der Waals surface area (Å²) in [6.45, 7) is 0. The molecule has 1 N–H and O–H groups in total. The van der Waals surface area contributed by atoms with Crippen molar-refractivity contribution in [2.75, 3.05) is 0 Å². The van der Waals surface area contributed by atoms with Crippen molar-refractivity contribution >= 4 is 11.8 Å². The van der Waals surface area contributed by atoms with E-state index in [-0.39, 0.29) is 5.56 Å². The number of alkyl halides is 2. The summed E-state index contributed by atoms with van der Waals surface area (Å²) in [5, 5.41) is 0. The Bertz CT molecular complexity index is 554. The van der Waals surface area contributed by atoms with Crippen molar-refractivity contribution in [3.63, 3.8) is 0 Å². The second kappa shape index (κ2) is 5.09. The van der Waals surface area contributed by atoms with E-state index < -0.39 is 5.76 Å². The third-order valence-corrected chi connectivity index (χ3v) is 2.77. The van der Waals surface area contributed by atoms with E-state index in [9.17, 15) is 13.6 Å². The number of rotatable bonds is 3. The van der Waals surface area contributed by atoms with Crippen LogP contribution in [0, 0.1) is 0 Å². The largest absolute Gasteiger partial charge is 0.319 e. The Balaban J connectivity index is 2.26. The molecule has 0 aliphatic carbocycles. The molecule has 88 valence electrons. The molecule has 0 aliphatic heterocycles. The van der Waals surface area contributed by atoms with Crippen LogP contribution in [0.4, 0.5) is 8.78 Å². The first-order chi connectivity index (χ1) is 8.15. The van der Waals surface area contributed by atoms with Crippen molar-refractivity contribution in [2.45, 2.75) is 10.7 Å². The average Bonchev–Trinajstić information content (AvgIpc) is 2.29. The molecule has 0 bridgehead atoms. The number of hydrogen-bond donors (Lipinski definition) is 1. The summed E-state index contributed by atoms with van der Waals surface area (Å²) in [5.74, 6) is -2.43. The van der Waals surface area contributed by atoms with E-state index in [0.717, 1.165) is 5.56 Å². The normalized spacial score (nSPS) is 10.8. The first-order valence-electron chi connectivity index (χ1n) is 4.75. The Morgan fingerprint density at radius 1 is 1.18 bits per heavy atom. The van der Waals surface area contributed by atoms with Gasteiger partial charge in [-0.3, -0.25) is 9.78 Å². The van der Waals surface area contributed by atoms with Gasteiger partial charge < -0.3 is 4.98 Å². The van der Waals surface area contributed by atoms with E-state index in [1.807, 2.05) is 0 Å². The summed E-state index contributed by atoms with van der Waals surface area (Å²) in [7, 11) is 0. The molecule has 1 heterocycles. The van der Waals surface area contributed by atoms with Crippen molar-refractivity contribution in [2.24, 2.45) is 0 Å². The fraction of sp³-hybridized carbons (Fsp3) is 0.0909. The molecule has 0 amide bonds. The Morgan fingerprint density at radius 2 is 1.88 bits per heavy atom. The molecule has 1 aromatic heterocycles. The van der Waals surface area contributed by atoms with Gasteiger partial charge in [-0.2, -0.15) is 8.78 Å². The average molecular weight is 254 g/mol. The zero-order valence-electron chi connectivity index (χ0n) is 8.56. The number of aromatic amines is 1. The van der Waals surface area contributed by atoms with Crippen LogP contribution in [0.25, 0.3) is 11.3 Å². The van der Waals surface area contributed by atoms with Crippen LogP contribution < -0.4 is 5.56 Å². The van der Waals surface area contributed by atoms with Crippen molar-refractivity contribution in [1.82, 2.24) is 9.97 Å². The number of aromatic nitrogens is 2. The lowest BCUT2D eigenvalue weighted by atomic mass is 10.2. The highest BCUT2D eigenvalue weighted by Gasteiger charge is 2.05. The Hall–Kier alpha value is -1.69. The third kappa shape index (κ3) is 3.13. The number of hydrogen-bond acceptors (Lipinski definition) is 3. The standard InChI is InChI=1S/C11H8F2N2OS/c12-11(13)17-8-3-1-7(2-4-8)9-5-14-6-10(16)15-9/h1-6,11H,(H,15,16). The Labute approximate surface area is 99.9 Å². The van der Waals surface area contributed by atoms with Crippen LogP contribution in [-0.4, -0.2) is 15.7 Å². The molecule has 0 saturated carbocycles. The van der Waals surface area contributed by atoms with E-state index in [2.05, 4.69) is 9.97 Å². The molecule has 6 heteroatoms. The predicted octanol–water partition coefficient (Wildman–Crippen LogP) is 2.75. The van der Waals surface area contributed by atoms with Gasteiger partial charge in [0.2, 0.25) is 0 Å². The van der Waals surface area contributed by atoms with E-state index in [4.69, 9.17) is 0 Å². The molecule has 0 radical (unpaired) electrons. The fourth-order valence-electron chi connectivity index (χ4n) is 1.34. The van der Waals surface area contributed by atoms with Crippen molar-refractivity contribution < 1.29 is 8.78 Å². The van der Waals surface area contributed by atoms with Gasteiger partial charge in [0.05, 0.1) is 18.1 Å². The predicted molar refractivity (Wildman–Crippen MR) is 62.2 cm³/mol. The molecule has 1 aromatic carbocycles. The van der Waals surface area contributed by atoms with E-state index in [1.165, 1.54) is 12.4 Å². The molecule has 17 heavy (non-hydrogen) atoms. The van der Waals surface area contributed by atoms with Gasteiger partial charge in [-0.15, -0.1) is 0 Å². The van der Waals surface area contributed by atoms with Crippen LogP contribution in [0.5, 0.6) is 0 Å². The van der Waals surface area contributed by atoms with Gasteiger partial charge in [0.25, 0.3) is 11.3 Å². The number of nitrogens with one attached hydrogen (secondary N) is 1. The van der Waals surface area contributed by atoms with Gasteiger partial charge >= 0.3 is 0 Å². The van der Waals surface area contributed by atoms with Crippen LogP contribution >= 0.6 is 11.8 Å². The highest BCUT2D eigenvalue weighted by molar-refractivity contribution is 7.99. The minimum absolute atomic E-state index is 0.298. The summed E-state index contributed by atoms with van der Waals surface area (Å²) >= 11 is 0.485. The maximum absolute atomic E-state index is 12.1. The summed E-state index contributed by atoms with van der Waals surface area (Å²) < 4.78 is 24.2. The third-order valence-electron chi connectivity index (χ3n) is 2.04. The summed E-state index contributed by atoms with van der Waals surface area (Å²) in [4.78, 5) is 17.9. The lowest BCUT2D eigenvalue weighted by Gasteiger charge is -2.03. The molecule has 0 spiro atoms. The second-order valence-electron chi connectivity index (χ2n) is 3.21. The zero-order chi connectivity index (χ0) is 12.3. The monoisotopic (exact) mass is 254 g/mol. The SMILES string of the molecule is O=c1cncc(-c2ccc(SC(F)F)cc2)[nH]1. The number of nitrogens with zero attached hydrogens (tertiary/aromatic N) is 1. The molecule has 0 saturated heterocycles. The van der Waals surface area contributed by atoms with Crippen molar-refractivity contribution in [1.29, 1.82) is 0 Å². The van der Waals surface area contributed by atoms with Crippen molar-refractivity contribution in [3.8, 4) is 11.3 Å². The highest BCUT2D eigenvalue weighted by Crippen LogP contribution is 2.26. The minimum atomic E-state index is -2.43. The minimum Gasteiger partial charge on any atom is -0.319 e. The van der Waals surface area contributed by atoms with E-state index in [1.54, 1.807) is 24.3 Å². The molecule has 0 unspecified atom stereocenters. The van der Waals surface area contributed by atoms with Crippen LogP contribution in [-0.2, 0) is 0 Å². The van der Waals surface area contributed by atoms with Gasteiger partial charge in [-0.05, 0) is 17.7 Å². The maximum atomic E-state index is 12.1. The van der Waals surface area contributed by atoms with Crippen LogP contribution in [0.2, 0.25) is 0 Å². The van der Waals surface area contributed by atoms with Crippen LogP contribution in [0.15, 0.2) is 46.3 Å². The topological polar surface area (TPSA) is 45.8 Å². The molecular formula is C11H8F2N2OS. The molecular weight excluding hydrogens is 246 g/mol. The van der Waals surface area contributed by atoms with Gasteiger partial charge in [0.1, 0.15) is 0 Å². The lowest BCUT2D eigenvalue weighted by molar-refractivity contribution is 0.252. The van der Waals surface area contributed by atoms with Crippen LogP contribution in [0.1, 0.15) is 0 Å². The first-order valence-corrected chi connectivity index (χ1v) is 5.63. The zero-order valence-corrected chi connectivity index (χ0v) is 9.38. The lowest BCUT2D eigenvalue weighted by Crippen LogP contribution is -2.05. The molecule has 2 rings (SSSR count). The Kier molecular flexibility index (Phi) is 3.53. The van der Waals surface area contributed by atoms with Gasteiger partial charge in [-0.25, -0.2) is 0 Å². The van der Waals surface area contributed by atoms with Gasteiger partial charge in [-0.1, -0.05) is 23.9 Å². The number of H-pyrrole nitrogens is 1. The summed E-state index contributed by atoms with van der Waals surface area (Å²) in [5.41, 5.74) is 0.994. The smallest absolute Gasteiger partial charge is 0.288 e. The Morgan fingerprint density at radius 3 is 2.47 bits per heavy atom. The summed E-state index contributed by atoms with van der Waals surface area (Å²) in [6, 6.07) is 6.49. The van der Waals surface area contributed by atoms with E-state index >= 15 is 0 Å². The van der Waals surface area contributed by atoms with Crippen LogP contribution in [0.3, 0.4) is 0 Å². The molecule has 0 atom stereocenters. The maximum Gasteiger partial charge on any atom is 0.288 e. The highest BCUT2D eigenvalue weighted by atomic mass is 32.2. The molecule has 3 nitrogen and oxygen atoms in total. The first kappa shape index (κ1) is 11.8. The molecule has 0 aliphatic rings. The second-order valence-corrected chi connectivity index (χ2v) is 4.28. The number of halogens is 2. The van der Waals surface area contributed by atoms with E-state index in [0.29, 0.717) is 22.4 Å². The van der Waals surface area contributed by atoms with Crippen molar-refractivity contribution in [3.05, 3.63) is 47.0 Å². The summed E-state index contributed by atoms with van der Waals surface area (Å²) in [6.07, 6.45) is 2.68. The fourth-order valence-corrected chi connectivity index (χ4v) is 1.84. The molecule has 2 aromatic rings. The molecule has 0 fully saturated rings. The number of thioether (sulfide) groups is 1.